The molecular formula is C18H26N3O6+. The molecule has 0 saturated heterocycles. The Morgan fingerprint density at radius 2 is 1.41 bits per heavy atom. The number of hydrogen-bond donors (Lipinski definition) is 3. The molecule has 9 heteroatoms. The summed E-state index contributed by atoms with van der Waals surface area (Å²) < 4.78 is 9.32. The van der Waals surface area contributed by atoms with Crippen molar-refractivity contribution in [2.75, 3.05) is 45.7 Å². The van der Waals surface area contributed by atoms with E-state index in [0.717, 1.165) is 4.90 Å². The van der Waals surface area contributed by atoms with Crippen molar-refractivity contribution in [3.8, 4) is 0 Å². The molecule has 9 nitrogen and oxygen atoms in total. The first kappa shape index (κ1) is 22.1. The van der Waals surface area contributed by atoms with Gasteiger partial charge in [0.2, 0.25) is 0 Å². The highest BCUT2D eigenvalue weighted by Crippen LogP contribution is 2.17. The predicted octanol–water partition coefficient (Wildman–Crippen LogP) is -0.761. The summed E-state index contributed by atoms with van der Waals surface area (Å²) in [5.41, 5.74) is 0.479. The molecule has 1 aromatic rings. The molecule has 0 aliphatic carbocycles. The second kappa shape index (κ2) is 10.9. The molecule has 1 aromatic carbocycles. The second-order valence-corrected chi connectivity index (χ2v) is 5.74. The quantitative estimate of drug-likeness (QED) is 0.485. The van der Waals surface area contributed by atoms with Crippen molar-refractivity contribution in [2.45, 2.75) is 13.8 Å². The SMILES string of the molecule is CCNC(=O)C[NH+](CC)CC(=O)Nc1cc(C(=O)OC)cc(C(=O)OC)c1. The Morgan fingerprint density at radius 1 is 0.889 bits per heavy atom. The lowest BCUT2D eigenvalue weighted by molar-refractivity contribution is -0.881. The van der Waals surface area contributed by atoms with Crippen LogP contribution in [0.25, 0.3) is 0 Å². The molecule has 3 N–H and O–H groups in total. The van der Waals surface area contributed by atoms with E-state index in [2.05, 4.69) is 20.1 Å². The number of hydrogen-bond acceptors (Lipinski definition) is 6. The number of methoxy groups -OCH3 is 2. The third-order valence-corrected chi connectivity index (χ3v) is 3.75. The van der Waals surface area contributed by atoms with E-state index >= 15 is 0 Å². The van der Waals surface area contributed by atoms with Crippen LogP contribution in [0, 0.1) is 0 Å². The van der Waals surface area contributed by atoms with Crippen LogP contribution < -0.4 is 15.5 Å². The Balaban J connectivity index is 2.92. The van der Waals surface area contributed by atoms with Crippen LogP contribution in [0.4, 0.5) is 5.69 Å². The lowest BCUT2D eigenvalue weighted by Crippen LogP contribution is -3.14. The highest BCUT2D eigenvalue weighted by atomic mass is 16.5. The van der Waals surface area contributed by atoms with Gasteiger partial charge in [0, 0.05) is 12.2 Å². The fourth-order valence-electron chi connectivity index (χ4n) is 2.40. The van der Waals surface area contributed by atoms with Crippen LogP contribution in [0.15, 0.2) is 18.2 Å². The molecule has 0 aromatic heterocycles. The first-order chi connectivity index (χ1) is 12.8. The van der Waals surface area contributed by atoms with Crippen LogP contribution in [-0.2, 0) is 19.1 Å². The van der Waals surface area contributed by atoms with Crippen molar-refractivity contribution in [3.63, 3.8) is 0 Å². The third kappa shape index (κ3) is 7.06. The molecule has 0 spiro atoms. The van der Waals surface area contributed by atoms with Crippen LogP contribution in [0.3, 0.4) is 0 Å². The minimum atomic E-state index is -0.645. The number of benzene rings is 1. The molecule has 0 radical (unpaired) electrons. The Bertz CT molecular complexity index is 670. The van der Waals surface area contributed by atoms with Crippen LogP contribution in [0.2, 0.25) is 0 Å². The van der Waals surface area contributed by atoms with Gasteiger partial charge in [-0.3, -0.25) is 9.59 Å². The normalized spacial score (nSPS) is 11.3. The van der Waals surface area contributed by atoms with Crippen LogP contribution in [0.5, 0.6) is 0 Å². The predicted molar refractivity (Wildman–Crippen MR) is 97.7 cm³/mol. The molecular weight excluding hydrogens is 354 g/mol. The first-order valence-electron chi connectivity index (χ1n) is 8.56. The van der Waals surface area contributed by atoms with Crippen molar-refractivity contribution in [3.05, 3.63) is 29.3 Å². The highest BCUT2D eigenvalue weighted by molar-refractivity contribution is 5.99. The van der Waals surface area contributed by atoms with Crippen molar-refractivity contribution in [1.82, 2.24) is 5.32 Å². The Morgan fingerprint density at radius 3 is 1.85 bits per heavy atom. The molecule has 0 fully saturated rings. The number of nitrogens with one attached hydrogen (secondary N) is 3. The number of amides is 2. The van der Waals surface area contributed by atoms with Crippen molar-refractivity contribution >= 4 is 29.4 Å². The van der Waals surface area contributed by atoms with Crippen LogP contribution in [0.1, 0.15) is 34.6 Å². The number of ether oxygens (including phenoxy) is 2. The van der Waals surface area contributed by atoms with Gasteiger partial charge in [0.15, 0.2) is 13.1 Å². The largest absolute Gasteiger partial charge is 0.465 e. The minimum Gasteiger partial charge on any atom is -0.465 e. The molecule has 0 saturated carbocycles. The number of esters is 2. The number of carbonyl (C=O) groups is 4. The topological polar surface area (TPSA) is 115 Å². The number of anilines is 1. The Hall–Kier alpha value is -2.94. The average molecular weight is 380 g/mol. The maximum absolute atomic E-state index is 12.3. The van der Waals surface area contributed by atoms with Gasteiger partial charge in [-0.2, -0.15) is 0 Å². The summed E-state index contributed by atoms with van der Waals surface area (Å²) in [6, 6.07) is 4.14. The van der Waals surface area contributed by atoms with Crippen LogP contribution >= 0.6 is 0 Å². The standard InChI is InChI=1S/C18H25N3O6/c1-5-19-15(22)10-21(6-2)11-16(23)20-14-8-12(17(24)26-3)7-13(9-14)18(25)27-4/h7-9H,5-6,10-11H2,1-4H3,(H,19,22)(H,20,23)/p+1. The molecule has 27 heavy (non-hydrogen) atoms. The van der Waals surface area contributed by atoms with Gasteiger partial charge in [-0.15, -0.1) is 0 Å². The average Bonchev–Trinajstić information content (AvgIpc) is 2.65. The van der Waals surface area contributed by atoms with E-state index in [4.69, 9.17) is 0 Å². The summed E-state index contributed by atoms with van der Waals surface area (Å²) in [5.74, 6) is -1.78. The minimum absolute atomic E-state index is 0.0592. The lowest BCUT2D eigenvalue weighted by atomic mass is 10.1. The Labute approximate surface area is 158 Å². The molecule has 1 atom stereocenters. The number of quaternary nitrogens is 1. The number of rotatable bonds is 9. The summed E-state index contributed by atoms with van der Waals surface area (Å²) in [7, 11) is 2.43. The first-order valence-corrected chi connectivity index (χ1v) is 8.56. The maximum Gasteiger partial charge on any atom is 0.337 e. The lowest BCUT2D eigenvalue weighted by Gasteiger charge is -2.17. The van der Waals surface area contributed by atoms with Crippen molar-refractivity contribution < 1.29 is 33.6 Å². The molecule has 1 rings (SSSR count). The van der Waals surface area contributed by atoms with E-state index in [-0.39, 0.29) is 41.7 Å². The zero-order valence-corrected chi connectivity index (χ0v) is 16.0. The highest BCUT2D eigenvalue weighted by Gasteiger charge is 2.18. The fourth-order valence-corrected chi connectivity index (χ4v) is 2.40. The molecule has 1 unspecified atom stereocenters. The van der Waals surface area contributed by atoms with Crippen LogP contribution in [-0.4, -0.2) is 64.2 Å². The van der Waals surface area contributed by atoms with E-state index in [9.17, 15) is 19.2 Å². The smallest absolute Gasteiger partial charge is 0.337 e. The van der Waals surface area contributed by atoms with E-state index in [1.807, 2.05) is 13.8 Å². The summed E-state index contributed by atoms with van der Waals surface area (Å²) in [4.78, 5) is 48.4. The molecule has 0 heterocycles. The summed E-state index contributed by atoms with van der Waals surface area (Å²) in [6.07, 6.45) is 0. The third-order valence-electron chi connectivity index (χ3n) is 3.75. The van der Waals surface area contributed by atoms with E-state index < -0.39 is 11.9 Å². The van der Waals surface area contributed by atoms with Gasteiger partial charge in [-0.1, -0.05) is 0 Å². The van der Waals surface area contributed by atoms with Crippen molar-refractivity contribution in [1.29, 1.82) is 0 Å². The summed E-state index contributed by atoms with van der Waals surface area (Å²) in [5, 5.41) is 5.34. The fraction of sp³-hybridized carbons (Fsp3) is 0.444. The Kier molecular flexibility index (Phi) is 8.94. The molecule has 148 valence electrons. The number of likely N-dealkylation sites (N-methyl/N-ethyl adjacent to an activating group) is 2. The van der Waals surface area contributed by atoms with Gasteiger partial charge < -0.3 is 25.0 Å². The molecule has 0 aliphatic heterocycles. The molecule has 2 amide bonds. The van der Waals surface area contributed by atoms with E-state index in [1.165, 1.54) is 32.4 Å². The maximum atomic E-state index is 12.3. The monoisotopic (exact) mass is 380 g/mol. The molecule has 0 aliphatic rings. The second-order valence-electron chi connectivity index (χ2n) is 5.74. The van der Waals surface area contributed by atoms with Gasteiger partial charge in [0.1, 0.15) is 0 Å². The van der Waals surface area contributed by atoms with Gasteiger partial charge in [-0.05, 0) is 32.0 Å². The number of carbonyl (C=O) groups excluding carboxylic acids is 4. The van der Waals surface area contributed by atoms with E-state index in [1.54, 1.807) is 0 Å². The summed E-state index contributed by atoms with van der Waals surface area (Å²) in [6.45, 7) is 5.04. The van der Waals surface area contributed by atoms with Gasteiger partial charge in [0.05, 0.1) is 31.9 Å². The molecule has 0 bridgehead atoms. The summed E-state index contributed by atoms with van der Waals surface area (Å²) >= 11 is 0. The van der Waals surface area contributed by atoms with Gasteiger partial charge in [-0.25, -0.2) is 9.59 Å². The zero-order valence-electron chi connectivity index (χ0n) is 16.0. The van der Waals surface area contributed by atoms with Crippen molar-refractivity contribution in [2.24, 2.45) is 0 Å². The zero-order chi connectivity index (χ0) is 20.4. The van der Waals surface area contributed by atoms with E-state index in [0.29, 0.717) is 13.1 Å². The van der Waals surface area contributed by atoms with Gasteiger partial charge in [0.25, 0.3) is 11.8 Å². The van der Waals surface area contributed by atoms with Gasteiger partial charge >= 0.3 is 11.9 Å².